The summed E-state index contributed by atoms with van der Waals surface area (Å²) in [6.07, 6.45) is 3.26. The molecule has 3 unspecified atom stereocenters. The largest absolute Gasteiger partial charge is 0.392 e. The summed E-state index contributed by atoms with van der Waals surface area (Å²) >= 11 is 1.61. The Morgan fingerprint density at radius 1 is 1.26 bits per heavy atom. The van der Waals surface area contributed by atoms with Gasteiger partial charge in [-0.05, 0) is 11.5 Å². The van der Waals surface area contributed by atoms with Crippen LogP contribution >= 0.6 is 11.3 Å². The highest BCUT2D eigenvalue weighted by atomic mass is 32.1. The highest BCUT2D eigenvalue weighted by Gasteiger charge is 2.26. The molecule has 0 amide bonds. The van der Waals surface area contributed by atoms with E-state index in [2.05, 4.69) is 31.0 Å². The lowest BCUT2D eigenvalue weighted by atomic mass is 9.80. The summed E-state index contributed by atoms with van der Waals surface area (Å²) < 4.78 is 0. The Bertz CT molecular complexity index is 469. The number of thiazole rings is 1. The number of rotatable bonds is 6. The van der Waals surface area contributed by atoms with E-state index in [1.807, 2.05) is 29.9 Å². The monoisotopic (exact) mass is 275 g/mol. The second-order valence-electron chi connectivity index (χ2n) is 5.06. The minimum Gasteiger partial charge on any atom is -0.392 e. The first-order valence-corrected chi connectivity index (χ1v) is 7.70. The molecule has 0 saturated carbocycles. The molecule has 2 nitrogen and oxygen atoms in total. The van der Waals surface area contributed by atoms with Gasteiger partial charge in [-0.1, -0.05) is 50.6 Å². The predicted molar refractivity (Wildman–Crippen MR) is 80.5 cm³/mol. The molecule has 0 radical (unpaired) electrons. The number of hydrogen-bond acceptors (Lipinski definition) is 3. The minimum atomic E-state index is -0.349. The Morgan fingerprint density at radius 3 is 2.58 bits per heavy atom. The van der Waals surface area contributed by atoms with E-state index in [9.17, 15) is 5.11 Å². The van der Waals surface area contributed by atoms with Crippen LogP contribution in [0, 0.1) is 5.92 Å². The summed E-state index contributed by atoms with van der Waals surface area (Å²) in [7, 11) is 0. The molecule has 0 bridgehead atoms. The first kappa shape index (κ1) is 14.2. The third kappa shape index (κ3) is 3.64. The molecule has 1 aromatic carbocycles. The van der Waals surface area contributed by atoms with Gasteiger partial charge in [-0.2, -0.15) is 0 Å². The first-order chi connectivity index (χ1) is 9.22. The number of aliphatic hydroxyl groups excluding tert-OH is 1. The Hall–Kier alpha value is -1.19. The molecular weight excluding hydrogens is 254 g/mol. The Labute approximate surface area is 119 Å². The summed E-state index contributed by atoms with van der Waals surface area (Å²) in [5.41, 5.74) is 3.05. The molecule has 0 aliphatic carbocycles. The van der Waals surface area contributed by atoms with Crippen LogP contribution in [0.4, 0.5) is 0 Å². The lowest BCUT2D eigenvalue weighted by Crippen LogP contribution is -2.26. The third-order valence-electron chi connectivity index (χ3n) is 3.75. The van der Waals surface area contributed by atoms with Crippen molar-refractivity contribution in [3.63, 3.8) is 0 Å². The van der Waals surface area contributed by atoms with Gasteiger partial charge >= 0.3 is 0 Å². The third-order valence-corrected chi connectivity index (χ3v) is 4.55. The molecule has 2 rings (SSSR count). The number of nitrogens with zero attached hydrogens (tertiary/aromatic N) is 1. The number of hydrogen-bond donors (Lipinski definition) is 1. The van der Waals surface area contributed by atoms with Crippen LogP contribution in [0.15, 0.2) is 42.0 Å². The highest BCUT2D eigenvalue weighted by Crippen LogP contribution is 2.32. The van der Waals surface area contributed by atoms with Crippen LogP contribution in [0.1, 0.15) is 36.6 Å². The lowest BCUT2D eigenvalue weighted by Gasteiger charge is -2.28. The van der Waals surface area contributed by atoms with Gasteiger partial charge in [-0.3, -0.25) is 4.98 Å². The van der Waals surface area contributed by atoms with E-state index in [1.54, 1.807) is 11.3 Å². The van der Waals surface area contributed by atoms with Crippen LogP contribution in [0.3, 0.4) is 0 Å². The van der Waals surface area contributed by atoms with Crippen LogP contribution in [0.5, 0.6) is 0 Å². The highest BCUT2D eigenvalue weighted by molar-refractivity contribution is 7.09. The van der Waals surface area contributed by atoms with E-state index in [0.717, 1.165) is 11.3 Å². The quantitative estimate of drug-likeness (QED) is 0.868. The van der Waals surface area contributed by atoms with Gasteiger partial charge in [0, 0.05) is 23.4 Å². The molecule has 1 aromatic heterocycles. The molecule has 1 N–H and O–H groups in total. The molecule has 0 spiro atoms. The summed E-state index contributed by atoms with van der Waals surface area (Å²) in [6, 6.07) is 10.3. The average molecular weight is 275 g/mol. The van der Waals surface area contributed by atoms with Gasteiger partial charge < -0.3 is 5.11 Å². The molecule has 0 saturated heterocycles. The smallest absolute Gasteiger partial charge is 0.0794 e. The Morgan fingerprint density at radius 2 is 2.00 bits per heavy atom. The van der Waals surface area contributed by atoms with E-state index < -0.39 is 0 Å². The van der Waals surface area contributed by atoms with Crippen molar-refractivity contribution in [2.45, 2.75) is 38.7 Å². The summed E-state index contributed by atoms with van der Waals surface area (Å²) in [4.78, 5) is 5.23. The average Bonchev–Trinajstić information content (AvgIpc) is 2.93. The predicted octanol–water partition coefficient (Wildman–Crippen LogP) is 3.88. The summed E-state index contributed by atoms with van der Waals surface area (Å²) in [5.74, 6) is 0.652. The fourth-order valence-corrected chi connectivity index (χ4v) is 3.18. The molecule has 102 valence electrons. The summed E-state index contributed by atoms with van der Waals surface area (Å²) in [6.45, 7) is 4.40. The molecule has 2 aromatic rings. The van der Waals surface area contributed by atoms with E-state index >= 15 is 0 Å². The molecule has 0 fully saturated rings. The fraction of sp³-hybridized carbons (Fsp3) is 0.438. The Kier molecular flexibility index (Phi) is 5.11. The van der Waals surface area contributed by atoms with E-state index in [4.69, 9.17) is 0 Å². The molecule has 3 atom stereocenters. The van der Waals surface area contributed by atoms with Gasteiger partial charge in [0.1, 0.15) is 0 Å². The van der Waals surface area contributed by atoms with Crippen molar-refractivity contribution in [2.24, 2.45) is 5.92 Å². The molecule has 1 heterocycles. The second-order valence-corrected chi connectivity index (χ2v) is 6.03. The van der Waals surface area contributed by atoms with Gasteiger partial charge in [0.05, 0.1) is 11.6 Å². The van der Waals surface area contributed by atoms with E-state index in [0.29, 0.717) is 12.3 Å². The maximum atomic E-state index is 10.6. The van der Waals surface area contributed by atoms with Gasteiger partial charge in [0.15, 0.2) is 0 Å². The van der Waals surface area contributed by atoms with E-state index in [-0.39, 0.29) is 12.0 Å². The van der Waals surface area contributed by atoms with Gasteiger partial charge in [-0.15, -0.1) is 11.3 Å². The molecule has 0 aliphatic rings. The van der Waals surface area contributed by atoms with Crippen molar-refractivity contribution >= 4 is 11.3 Å². The van der Waals surface area contributed by atoms with Crippen LogP contribution < -0.4 is 0 Å². The van der Waals surface area contributed by atoms with Crippen molar-refractivity contribution in [1.82, 2.24) is 4.98 Å². The molecular formula is C16H21NOS. The zero-order valence-corrected chi connectivity index (χ0v) is 12.3. The Balaban J connectivity index is 2.18. The van der Waals surface area contributed by atoms with Crippen molar-refractivity contribution in [3.8, 4) is 0 Å². The molecule has 3 heteroatoms. The van der Waals surface area contributed by atoms with Crippen LogP contribution in [0.2, 0.25) is 0 Å². The van der Waals surface area contributed by atoms with E-state index in [1.165, 1.54) is 5.56 Å². The topological polar surface area (TPSA) is 33.1 Å². The molecule has 0 aliphatic heterocycles. The van der Waals surface area contributed by atoms with Gasteiger partial charge in [0.25, 0.3) is 0 Å². The first-order valence-electron chi connectivity index (χ1n) is 6.82. The normalized spacial score (nSPS) is 15.9. The maximum Gasteiger partial charge on any atom is 0.0794 e. The number of benzene rings is 1. The lowest BCUT2D eigenvalue weighted by molar-refractivity contribution is 0.118. The number of aliphatic hydroxyl groups is 1. The fourth-order valence-electron chi connectivity index (χ4n) is 2.54. The summed E-state index contributed by atoms with van der Waals surface area (Å²) in [5, 5.41) is 10.6. The zero-order chi connectivity index (χ0) is 13.7. The van der Waals surface area contributed by atoms with Crippen LogP contribution in [0.25, 0.3) is 0 Å². The van der Waals surface area contributed by atoms with Crippen LogP contribution in [-0.2, 0) is 6.42 Å². The maximum absolute atomic E-state index is 10.6. The van der Waals surface area contributed by atoms with Crippen molar-refractivity contribution in [1.29, 1.82) is 0 Å². The van der Waals surface area contributed by atoms with Gasteiger partial charge in [-0.25, -0.2) is 0 Å². The van der Waals surface area contributed by atoms with Crippen molar-refractivity contribution < 1.29 is 5.11 Å². The number of aromatic nitrogens is 1. The SMILES string of the molecule is CCC(C)C(c1ccccc1)C(O)Cc1cncs1. The van der Waals surface area contributed by atoms with Crippen molar-refractivity contribution in [2.75, 3.05) is 0 Å². The van der Waals surface area contributed by atoms with Crippen molar-refractivity contribution in [3.05, 3.63) is 52.5 Å². The molecule has 19 heavy (non-hydrogen) atoms. The zero-order valence-electron chi connectivity index (χ0n) is 11.5. The second kappa shape index (κ2) is 6.83. The minimum absolute atomic E-state index is 0.188. The standard InChI is InChI=1S/C16H21NOS/c1-3-12(2)16(13-7-5-4-6-8-13)15(18)9-14-10-17-11-19-14/h4-8,10-12,15-16,18H,3,9H2,1-2H3. The van der Waals surface area contributed by atoms with Gasteiger partial charge in [0.2, 0.25) is 0 Å². The van der Waals surface area contributed by atoms with Crippen LogP contribution in [-0.4, -0.2) is 16.2 Å².